The van der Waals surface area contributed by atoms with E-state index < -0.39 is 25.4 Å². The van der Waals surface area contributed by atoms with Crippen LogP contribution in [0.15, 0.2) is 42.6 Å². The first-order valence-corrected chi connectivity index (χ1v) is 20.0. The zero-order chi connectivity index (χ0) is 35.1. The Morgan fingerprint density at radius 2 is 1.79 bits per heavy atom. The van der Waals surface area contributed by atoms with E-state index in [0.717, 1.165) is 42.0 Å². The van der Waals surface area contributed by atoms with Gasteiger partial charge >= 0.3 is 6.09 Å². The molecule has 3 heterocycles. The minimum Gasteiger partial charge on any atom is -0.443 e. The molecule has 0 unspecified atom stereocenters. The van der Waals surface area contributed by atoms with Crippen LogP contribution < -0.4 is 10.2 Å². The molecule has 10 heteroatoms. The fraction of sp³-hybridized carbons (Fsp3) is 0.526. The monoisotopic (exact) mass is 668 g/mol. The third-order valence-corrected chi connectivity index (χ3v) is 14.4. The largest absolute Gasteiger partial charge is 0.443 e. The SMILES string of the molecule is Cc1ccc(CN2CCCC2)cc1Nc1nccc(-c2cc(C#N)c3c(c2)[C@@](C)(CO[Si](C)(C)C(C)(C)C)CN3C(=O)OC(C)(C)C)n1. The van der Waals surface area contributed by atoms with Gasteiger partial charge < -0.3 is 14.5 Å². The van der Waals surface area contributed by atoms with Crippen LogP contribution in [0.1, 0.15) is 83.6 Å². The first kappa shape index (κ1) is 35.5. The van der Waals surface area contributed by atoms with Crippen molar-refractivity contribution < 1.29 is 14.0 Å². The number of likely N-dealkylation sites (tertiary alicyclic amines) is 1. The van der Waals surface area contributed by atoms with E-state index in [2.05, 4.69) is 93.2 Å². The van der Waals surface area contributed by atoms with Crippen LogP contribution in [0.5, 0.6) is 0 Å². The Morgan fingerprint density at radius 3 is 2.44 bits per heavy atom. The highest BCUT2D eigenvalue weighted by atomic mass is 28.4. The van der Waals surface area contributed by atoms with Gasteiger partial charge in [0.2, 0.25) is 5.95 Å². The quantitative estimate of drug-likeness (QED) is 0.238. The summed E-state index contributed by atoms with van der Waals surface area (Å²) in [5.41, 5.74) is 5.38. The highest BCUT2D eigenvalue weighted by Crippen LogP contribution is 2.47. The normalized spacial score (nSPS) is 18.5. The number of carbonyl (C=O) groups excluding carboxylic acids is 1. The number of hydrogen-bond acceptors (Lipinski definition) is 8. The maximum atomic E-state index is 13.6. The van der Waals surface area contributed by atoms with E-state index in [1.165, 1.54) is 18.4 Å². The lowest BCUT2D eigenvalue weighted by Gasteiger charge is -2.39. The molecular weight excluding hydrogens is 617 g/mol. The predicted octanol–water partition coefficient (Wildman–Crippen LogP) is 8.70. The fourth-order valence-corrected chi connectivity index (χ4v) is 7.20. The summed E-state index contributed by atoms with van der Waals surface area (Å²) >= 11 is 0. The summed E-state index contributed by atoms with van der Waals surface area (Å²) in [5, 5.41) is 13.9. The van der Waals surface area contributed by atoms with Crippen molar-refractivity contribution in [3.05, 3.63) is 64.8 Å². The maximum Gasteiger partial charge on any atom is 0.414 e. The Labute approximate surface area is 287 Å². The summed E-state index contributed by atoms with van der Waals surface area (Å²) in [7, 11) is -2.12. The van der Waals surface area contributed by atoms with Crippen LogP contribution in [0.25, 0.3) is 11.3 Å². The molecule has 0 spiro atoms. The number of nitriles is 1. The average Bonchev–Trinajstić information content (AvgIpc) is 3.62. The number of aryl methyl sites for hydroxylation is 1. The van der Waals surface area contributed by atoms with E-state index in [4.69, 9.17) is 14.1 Å². The second kappa shape index (κ2) is 13.3. The van der Waals surface area contributed by atoms with E-state index in [1.807, 2.05) is 32.9 Å². The topological polar surface area (TPSA) is 104 Å². The molecule has 1 amide bonds. The predicted molar refractivity (Wildman–Crippen MR) is 195 cm³/mol. The summed E-state index contributed by atoms with van der Waals surface area (Å²) in [5.74, 6) is 0.479. The van der Waals surface area contributed by atoms with Gasteiger partial charge in [0.15, 0.2) is 8.32 Å². The van der Waals surface area contributed by atoms with Crippen molar-refractivity contribution in [3.8, 4) is 17.3 Å². The number of fused-ring (bicyclic) bond motifs is 1. The molecule has 1 saturated heterocycles. The number of nitrogens with zero attached hydrogens (tertiary/aromatic N) is 5. The Bertz CT molecular complexity index is 1710. The second-order valence-corrected chi connectivity index (χ2v) is 21.0. The van der Waals surface area contributed by atoms with Gasteiger partial charge in [-0.15, -0.1) is 0 Å². The molecule has 0 saturated carbocycles. The zero-order valence-corrected chi connectivity index (χ0v) is 31.5. The molecule has 2 aliphatic heterocycles. The summed E-state index contributed by atoms with van der Waals surface area (Å²) in [6.45, 7) is 24.8. The smallest absolute Gasteiger partial charge is 0.414 e. The van der Waals surface area contributed by atoms with Crippen molar-refractivity contribution in [2.24, 2.45) is 0 Å². The molecule has 1 aromatic heterocycles. The Balaban J connectivity index is 1.51. The Kier molecular flexibility index (Phi) is 9.81. The van der Waals surface area contributed by atoms with Crippen molar-refractivity contribution in [2.45, 2.75) is 104 Å². The van der Waals surface area contributed by atoms with Crippen LogP contribution in [0.2, 0.25) is 18.1 Å². The van der Waals surface area contributed by atoms with Gasteiger partial charge in [0.05, 0.1) is 16.9 Å². The first-order valence-electron chi connectivity index (χ1n) is 17.0. The molecule has 48 heavy (non-hydrogen) atoms. The Morgan fingerprint density at radius 1 is 1.08 bits per heavy atom. The number of rotatable bonds is 8. The van der Waals surface area contributed by atoms with Gasteiger partial charge in [0, 0.05) is 42.6 Å². The zero-order valence-electron chi connectivity index (χ0n) is 30.5. The summed E-state index contributed by atoms with van der Waals surface area (Å²) in [4.78, 5) is 27.1. The molecule has 0 radical (unpaired) electrons. The van der Waals surface area contributed by atoms with E-state index >= 15 is 0 Å². The molecule has 2 aromatic carbocycles. The molecule has 5 rings (SSSR count). The molecule has 1 N–H and O–H groups in total. The standard InChI is InChI=1S/C38H52N6O3Si/c1-26-13-14-27(23-43-17-11-12-18-43)19-32(26)42-34-40-16-15-31(41-34)28-20-29(22-39)33-30(21-28)38(8,25-46-48(9,10)37(5,6)7)24-44(33)35(45)47-36(2,3)4/h13-16,19-21H,11-12,17-18,23-25H2,1-10H3,(H,40,41,42)/t38-/m1/s1. The third kappa shape index (κ3) is 7.75. The van der Waals surface area contributed by atoms with Gasteiger partial charge in [0.25, 0.3) is 0 Å². The van der Waals surface area contributed by atoms with Crippen LogP contribution in [0, 0.1) is 18.3 Å². The summed E-state index contributed by atoms with van der Waals surface area (Å²) < 4.78 is 12.6. The number of amides is 1. The molecule has 1 fully saturated rings. The van der Waals surface area contributed by atoms with E-state index in [9.17, 15) is 10.1 Å². The van der Waals surface area contributed by atoms with Gasteiger partial charge in [-0.2, -0.15) is 5.26 Å². The van der Waals surface area contributed by atoms with Gasteiger partial charge in [-0.05, 0) is 113 Å². The van der Waals surface area contributed by atoms with Crippen molar-refractivity contribution in [1.29, 1.82) is 5.26 Å². The van der Waals surface area contributed by atoms with Crippen LogP contribution in [0.3, 0.4) is 0 Å². The molecule has 1 atom stereocenters. The number of aromatic nitrogens is 2. The maximum absolute atomic E-state index is 13.6. The van der Waals surface area contributed by atoms with Gasteiger partial charge in [0.1, 0.15) is 11.7 Å². The molecule has 2 aliphatic rings. The number of anilines is 3. The summed E-state index contributed by atoms with van der Waals surface area (Å²) in [6.07, 6.45) is 3.78. The van der Waals surface area contributed by atoms with Gasteiger partial charge in [-0.3, -0.25) is 9.80 Å². The van der Waals surface area contributed by atoms with Crippen LogP contribution in [-0.4, -0.2) is 61.1 Å². The lowest BCUT2D eigenvalue weighted by molar-refractivity contribution is 0.0575. The third-order valence-electron chi connectivity index (χ3n) is 9.93. The molecular formula is C38H52N6O3Si. The molecule has 3 aromatic rings. The number of benzene rings is 2. The Hall–Kier alpha value is -3.78. The van der Waals surface area contributed by atoms with Crippen molar-refractivity contribution in [2.75, 3.05) is 36.5 Å². The summed E-state index contributed by atoms with van der Waals surface area (Å²) in [6, 6.07) is 14.6. The number of carbonyl (C=O) groups is 1. The number of hydrogen-bond donors (Lipinski definition) is 1. The molecule has 0 bridgehead atoms. The van der Waals surface area contributed by atoms with E-state index in [-0.39, 0.29) is 5.04 Å². The van der Waals surface area contributed by atoms with Crippen molar-refractivity contribution >= 4 is 31.7 Å². The van der Waals surface area contributed by atoms with Gasteiger partial charge in [-0.25, -0.2) is 14.8 Å². The average molecular weight is 669 g/mol. The molecule has 256 valence electrons. The fourth-order valence-electron chi connectivity index (χ4n) is 6.09. The van der Waals surface area contributed by atoms with Crippen molar-refractivity contribution in [3.63, 3.8) is 0 Å². The highest BCUT2D eigenvalue weighted by molar-refractivity contribution is 6.74. The lowest BCUT2D eigenvalue weighted by atomic mass is 9.83. The highest BCUT2D eigenvalue weighted by Gasteiger charge is 2.47. The molecule has 0 aliphatic carbocycles. The van der Waals surface area contributed by atoms with Gasteiger partial charge in [-0.1, -0.05) is 39.8 Å². The first-order chi connectivity index (χ1) is 22.4. The minimum absolute atomic E-state index is 0.0196. The minimum atomic E-state index is -2.12. The van der Waals surface area contributed by atoms with Crippen molar-refractivity contribution in [1.82, 2.24) is 14.9 Å². The van der Waals surface area contributed by atoms with E-state index in [1.54, 1.807) is 11.1 Å². The second-order valence-electron chi connectivity index (χ2n) is 16.2. The lowest BCUT2D eigenvalue weighted by Crippen LogP contribution is -2.46. The van der Waals surface area contributed by atoms with Crippen LogP contribution in [-0.2, 0) is 21.1 Å². The van der Waals surface area contributed by atoms with Crippen LogP contribution in [0.4, 0.5) is 22.1 Å². The molecule has 9 nitrogen and oxygen atoms in total. The number of nitrogens with one attached hydrogen (secondary N) is 1. The van der Waals surface area contributed by atoms with E-state index in [0.29, 0.717) is 36.0 Å². The number of ether oxygens (including phenoxy) is 1. The van der Waals surface area contributed by atoms with Crippen LogP contribution >= 0.6 is 0 Å².